The van der Waals surface area contributed by atoms with Crippen molar-refractivity contribution in [3.05, 3.63) is 30.3 Å². The third-order valence-corrected chi connectivity index (χ3v) is 1.05. The molecule has 1 aromatic carbocycles. The lowest BCUT2D eigenvalue weighted by atomic mass is 10.3. The van der Waals surface area contributed by atoms with Crippen molar-refractivity contribution >= 4 is 37.2 Å². The molecule has 0 saturated carbocycles. The summed E-state index contributed by atoms with van der Waals surface area (Å²) < 4.78 is 5.21. The molecule has 0 radical (unpaired) electrons. The minimum atomic E-state index is 0.740. The Bertz CT molecular complexity index is 165. The van der Waals surface area contributed by atoms with Crippen molar-refractivity contribution in [2.75, 3.05) is 6.61 Å². The van der Waals surface area contributed by atoms with Gasteiger partial charge in [-0.15, -0.1) is 0 Å². The van der Waals surface area contributed by atoms with E-state index in [0.717, 1.165) is 12.4 Å². The Balaban J connectivity index is 0.000000461. The highest BCUT2D eigenvalue weighted by molar-refractivity contribution is 15.0. The van der Waals surface area contributed by atoms with E-state index in [-0.39, 0.29) is 0 Å². The first-order chi connectivity index (χ1) is 5.43. The van der Waals surface area contributed by atoms with E-state index >= 15 is 0 Å². The third kappa shape index (κ3) is 5.72. The molecule has 0 aliphatic carbocycles. The van der Waals surface area contributed by atoms with Gasteiger partial charge in [0.2, 0.25) is 0 Å². The van der Waals surface area contributed by atoms with E-state index in [4.69, 9.17) is 4.74 Å². The fourth-order valence-corrected chi connectivity index (χ4v) is 0.683. The van der Waals surface area contributed by atoms with Crippen LogP contribution in [-0.2, 0) is 0 Å². The Morgan fingerprint density at radius 3 is 2.18 bits per heavy atom. The zero-order valence-corrected chi connectivity index (χ0v) is 10.6. The molecule has 0 heterocycles. The molecule has 0 bridgehead atoms. The van der Waals surface area contributed by atoms with E-state index in [1.807, 2.05) is 37.3 Å². The van der Waals surface area contributed by atoms with Crippen LogP contribution >= 0.6 is 37.2 Å². The molecule has 0 spiro atoms. The Hall–Kier alpha value is 0.480. The smallest absolute Gasteiger partial charge is 0.119 e. The van der Waals surface area contributed by atoms with Crippen molar-refractivity contribution in [3.63, 3.8) is 0 Å². The lowest BCUT2D eigenvalue weighted by molar-refractivity contribution is 0.340. The van der Waals surface area contributed by atoms with Gasteiger partial charge in [0.15, 0.2) is 0 Å². The number of rotatable bonds is 2. The maximum absolute atomic E-state index is 5.21. The SMILES string of the molecule is CCOc1ccccc1.II. The van der Waals surface area contributed by atoms with Crippen molar-refractivity contribution < 1.29 is 4.74 Å². The minimum Gasteiger partial charge on any atom is -0.494 e. The van der Waals surface area contributed by atoms with Crippen LogP contribution in [0.25, 0.3) is 0 Å². The first kappa shape index (κ1) is 11.5. The van der Waals surface area contributed by atoms with Crippen molar-refractivity contribution in [2.45, 2.75) is 6.92 Å². The van der Waals surface area contributed by atoms with E-state index < -0.39 is 0 Å². The van der Waals surface area contributed by atoms with Crippen molar-refractivity contribution in [3.8, 4) is 5.75 Å². The van der Waals surface area contributed by atoms with Gasteiger partial charge in [-0.1, -0.05) is 18.2 Å². The van der Waals surface area contributed by atoms with Gasteiger partial charge < -0.3 is 4.74 Å². The highest BCUT2D eigenvalue weighted by Crippen LogP contribution is 2.06. The Morgan fingerprint density at radius 1 is 1.18 bits per heavy atom. The first-order valence-corrected chi connectivity index (χ1v) is 9.54. The van der Waals surface area contributed by atoms with Crippen LogP contribution in [0, 0.1) is 0 Å². The van der Waals surface area contributed by atoms with Gasteiger partial charge in [0, 0.05) is 37.2 Å². The summed E-state index contributed by atoms with van der Waals surface area (Å²) in [6, 6.07) is 9.80. The van der Waals surface area contributed by atoms with Crippen LogP contribution < -0.4 is 4.74 Å². The van der Waals surface area contributed by atoms with Crippen molar-refractivity contribution in [1.29, 1.82) is 0 Å². The van der Waals surface area contributed by atoms with E-state index in [2.05, 4.69) is 37.2 Å². The van der Waals surface area contributed by atoms with Gasteiger partial charge in [0.1, 0.15) is 5.75 Å². The van der Waals surface area contributed by atoms with Crippen LogP contribution in [0.1, 0.15) is 6.92 Å². The second kappa shape index (κ2) is 8.58. The molecule has 0 aliphatic heterocycles. The average molecular weight is 376 g/mol. The fraction of sp³-hybridized carbons (Fsp3) is 0.250. The largest absolute Gasteiger partial charge is 0.494 e. The molecule has 11 heavy (non-hydrogen) atoms. The van der Waals surface area contributed by atoms with E-state index in [1.165, 1.54) is 0 Å². The number of para-hydroxylation sites is 1. The molecule has 1 rings (SSSR count). The van der Waals surface area contributed by atoms with Gasteiger partial charge >= 0.3 is 0 Å². The summed E-state index contributed by atoms with van der Waals surface area (Å²) in [4.78, 5) is 0. The number of hydrogen-bond acceptors (Lipinski definition) is 1. The van der Waals surface area contributed by atoms with Crippen molar-refractivity contribution in [2.24, 2.45) is 0 Å². The molecule has 0 N–H and O–H groups in total. The second-order valence-electron chi connectivity index (χ2n) is 1.75. The summed E-state index contributed by atoms with van der Waals surface area (Å²) in [5.41, 5.74) is 0. The highest BCUT2D eigenvalue weighted by Gasteiger charge is 1.83. The maximum Gasteiger partial charge on any atom is 0.119 e. The van der Waals surface area contributed by atoms with Crippen LogP contribution in [0.5, 0.6) is 5.75 Å². The number of benzene rings is 1. The molecule has 1 aromatic rings. The molecule has 0 unspecified atom stereocenters. The Kier molecular flexibility index (Phi) is 8.95. The molecule has 0 aromatic heterocycles. The summed E-state index contributed by atoms with van der Waals surface area (Å²) in [7, 11) is 0. The normalized spacial score (nSPS) is 7.91. The van der Waals surface area contributed by atoms with Gasteiger partial charge in [-0.05, 0) is 19.1 Å². The van der Waals surface area contributed by atoms with Crippen LogP contribution in [-0.4, -0.2) is 6.61 Å². The topological polar surface area (TPSA) is 9.23 Å². The molecule has 0 aliphatic rings. The zero-order valence-electron chi connectivity index (χ0n) is 6.26. The van der Waals surface area contributed by atoms with Crippen LogP contribution in [0.15, 0.2) is 30.3 Å². The third-order valence-electron chi connectivity index (χ3n) is 1.05. The molecule has 0 saturated heterocycles. The number of hydrogen-bond donors (Lipinski definition) is 0. The van der Waals surface area contributed by atoms with E-state index in [0.29, 0.717) is 0 Å². The quantitative estimate of drug-likeness (QED) is 0.713. The summed E-state index contributed by atoms with van der Waals surface area (Å²) in [5.74, 6) is 0.944. The van der Waals surface area contributed by atoms with E-state index in [9.17, 15) is 0 Å². The summed E-state index contributed by atoms with van der Waals surface area (Å²) >= 11 is 4.24. The molecule has 3 heteroatoms. The zero-order chi connectivity index (χ0) is 8.53. The molecule has 0 amide bonds. The maximum atomic E-state index is 5.21. The molecular weight excluding hydrogens is 366 g/mol. The molecule has 0 fully saturated rings. The monoisotopic (exact) mass is 376 g/mol. The Labute approximate surface area is 90.8 Å². The molecule has 1 nitrogen and oxygen atoms in total. The highest BCUT2D eigenvalue weighted by atomic mass is 128. The van der Waals surface area contributed by atoms with Crippen LogP contribution in [0.2, 0.25) is 0 Å². The second-order valence-corrected chi connectivity index (χ2v) is 1.75. The lowest BCUT2D eigenvalue weighted by Crippen LogP contribution is -1.89. The average Bonchev–Trinajstić information content (AvgIpc) is 2.11. The van der Waals surface area contributed by atoms with Gasteiger partial charge in [-0.25, -0.2) is 0 Å². The van der Waals surface area contributed by atoms with Gasteiger partial charge in [0.05, 0.1) is 6.61 Å². The lowest BCUT2D eigenvalue weighted by Gasteiger charge is -1.99. The molecule has 0 atom stereocenters. The predicted octanol–water partition coefficient (Wildman–Crippen LogP) is 3.86. The van der Waals surface area contributed by atoms with Crippen LogP contribution in [0.3, 0.4) is 0 Å². The van der Waals surface area contributed by atoms with Gasteiger partial charge in [0.25, 0.3) is 0 Å². The van der Waals surface area contributed by atoms with Gasteiger partial charge in [-0.3, -0.25) is 0 Å². The molecular formula is C8H10I2O. The van der Waals surface area contributed by atoms with Crippen LogP contribution in [0.4, 0.5) is 0 Å². The first-order valence-electron chi connectivity index (χ1n) is 3.25. The summed E-state index contributed by atoms with van der Waals surface area (Å²) in [5, 5.41) is 0. The summed E-state index contributed by atoms with van der Waals surface area (Å²) in [6.07, 6.45) is 0. The fourth-order valence-electron chi connectivity index (χ4n) is 0.683. The predicted molar refractivity (Wildman–Crippen MR) is 65.7 cm³/mol. The van der Waals surface area contributed by atoms with Gasteiger partial charge in [-0.2, -0.15) is 0 Å². The standard InChI is InChI=1S/C8H10O.I2/c1-2-9-8-6-4-3-5-7-8;1-2/h3-7H,2H2,1H3;. The van der Waals surface area contributed by atoms with Crippen molar-refractivity contribution in [1.82, 2.24) is 0 Å². The number of halogens is 2. The number of ether oxygens (including phenoxy) is 1. The summed E-state index contributed by atoms with van der Waals surface area (Å²) in [6.45, 7) is 2.72. The Morgan fingerprint density at radius 2 is 1.73 bits per heavy atom. The minimum absolute atomic E-state index is 0.740. The molecule has 62 valence electrons. The van der Waals surface area contributed by atoms with E-state index in [1.54, 1.807) is 0 Å².